The summed E-state index contributed by atoms with van der Waals surface area (Å²) in [5.74, 6) is 2.45. The molecule has 0 aliphatic carbocycles. The van der Waals surface area contributed by atoms with E-state index < -0.39 is 0 Å². The Kier molecular flexibility index (Phi) is 4.26. The van der Waals surface area contributed by atoms with Gasteiger partial charge in [-0.2, -0.15) is 4.98 Å². The number of benzene rings is 1. The van der Waals surface area contributed by atoms with Crippen molar-refractivity contribution < 1.29 is 18.7 Å². The Morgan fingerprint density at radius 1 is 1.35 bits per heavy atom. The van der Waals surface area contributed by atoms with Crippen molar-refractivity contribution in [3.63, 3.8) is 0 Å². The fourth-order valence-corrected chi connectivity index (χ4v) is 2.66. The summed E-state index contributed by atoms with van der Waals surface area (Å²) in [4.78, 5) is 4.30. The van der Waals surface area contributed by atoms with Gasteiger partial charge in [-0.25, -0.2) is 0 Å². The van der Waals surface area contributed by atoms with E-state index in [4.69, 9.17) is 18.7 Å². The highest BCUT2D eigenvalue weighted by Crippen LogP contribution is 2.41. The van der Waals surface area contributed by atoms with Gasteiger partial charge >= 0.3 is 0 Å². The molecular weight excluding hydrogens is 296 g/mol. The van der Waals surface area contributed by atoms with E-state index in [0.717, 1.165) is 17.7 Å². The van der Waals surface area contributed by atoms with E-state index in [9.17, 15) is 0 Å². The standard InChI is InChI=1S/C17H22N2O4/c1-5-20-11(2)16-18-14(23-19-16)10-21-13-8-6-7-12-9-17(3,4)22-15(12)13/h6-8,11H,5,9-10H2,1-4H3/t11-/m0/s1. The molecule has 23 heavy (non-hydrogen) atoms. The van der Waals surface area contributed by atoms with Gasteiger partial charge in [0.2, 0.25) is 0 Å². The fraction of sp³-hybridized carbons (Fsp3) is 0.529. The SMILES string of the molecule is CCO[C@@H](C)c1noc(COc2cccc3c2OC(C)(C)C3)n1. The van der Waals surface area contributed by atoms with Gasteiger partial charge in [0.15, 0.2) is 23.9 Å². The first-order valence-electron chi connectivity index (χ1n) is 7.86. The third-order valence-corrected chi connectivity index (χ3v) is 3.67. The largest absolute Gasteiger partial charge is 0.483 e. The molecule has 3 rings (SSSR count). The van der Waals surface area contributed by atoms with Crippen molar-refractivity contribution in [2.24, 2.45) is 0 Å². The Bertz CT molecular complexity index is 681. The van der Waals surface area contributed by atoms with Crippen molar-refractivity contribution in [3.8, 4) is 11.5 Å². The van der Waals surface area contributed by atoms with Crippen LogP contribution in [0.3, 0.4) is 0 Å². The number of rotatable bonds is 6. The first kappa shape index (κ1) is 15.8. The third-order valence-electron chi connectivity index (χ3n) is 3.67. The summed E-state index contributed by atoms with van der Waals surface area (Å²) in [6, 6.07) is 5.92. The Labute approximate surface area is 135 Å². The van der Waals surface area contributed by atoms with Crippen LogP contribution in [-0.4, -0.2) is 22.3 Å². The quantitative estimate of drug-likeness (QED) is 0.812. The number of para-hydroxylation sites is 1. The van der Waals surface area contributed by atoms with Crippen LogP contribution in [0, 0.1) is 0 Å². The van der Waals surface area contributed by atoms with Crippen LogP contribution >= 0.6 is 0 Å². The molecule has 0 amide bonds. The molecule has 0 fully saturated rings. The first-order chi connectivity index (χ1) is 11.0. The molecule has 0 bridgehead atoms. The number of nitrogens with zero attached hydrogens (tertiary/aromatic N) is 2. The molecule has 6 nitrogen and oxygen atoms in total. The maximum Gasteiger partial charge on any atom is 0.264 e. The molecule has 0 saturated carbocycles. The highest BCUT2D eigenvalue weighted by Gasteiger charge is 2.32. The van der Waals surface area contributed by atoms with Crippen LogP contribution in [0.5, 0.6) is 11.5 Å². The Hall–Kier alpha value is -2.08. The summed E-state index contributed by atoms with van der Waals surface area (Å²) in [6.07, 6.45) is 0.679. The van der Waals surface area contributed by atoms with Crippen molar-refractivity contribution in [1.82, 2.24) is 10.1 Å². The van der Waals surface area contributed by atoms with Crippen LogP contribution < -0.4 is 9.47 Å². The van der Waals surface area contributed by atoms with Gasteiger partial charge in [0.25, 0.3) is 5.89 Å². The molecule has 6 heteroatoms. The lowest BCUT2D eigenvalue weighted by Crippen LogP contribution is -2.24. The van der Waals surface area contributed by atoms with Crippen molar-refractivity contribution >= 4 is 0 Å². The van der Waals surface area contributed by atoms with Crippen molar-refractivity contribution in [3.05, 3.63) is 35.5 Å². The lowest BCUT2D eigenvalue weighted by molar-refractivity contribution is 0.0683. The molecular formula is C17H22N2O4. The van der Waals surface area contributed by atoms with Gasteiger partial charge in [-0.05, 0) is 33.8 Å². The van der Waals surface area contributed by atoms with Crippen LogP contribution in [0.2, 0.25) is 0 Å². The van der Waals surface area contributed by atoms with Crippen LogP contribution in [0.4, 0.5) is 0 Å². The average molecular weight is 318 g/mol. The number of fused-ring (bicyclic) bond motifs is 1. The second-order valence-corrected chi connectivity index (χ2v) is 6.22. The van der Waals surface area contributed by atoms with E-state index in [0.29, 0.717) is 24.1 Å². The highest BCUT2D eigenvalue weighted by molar-refractivity contribution is 5.50. The van der Waals surface area contributed by atoms with Gasteiger partial charge in [0.05, 0.1) is 0 Å². The molecule has 2 heterocycles. The maximum atomic E-state index is 5.98. The molecule has 1 aromatic carbocycles. The number of hydrogen-bond acceptors (Lipinski definition) is 6. The monoisotopic (exact) mass is 318 g/mol. The van der Waals surface area contributed by atoms with E-state index in [1.165, 1.54) is 0 Å². The summed E-state index contributed by atoms with van der Waals surface area (Å²) >= 11 is 0. The van der Waals surface area contributed by atoms with E-state index in [1.54, 1.807) is 0 Å². The summed E-state index contributed by atoms with van der Waals surface area (Å²) < 4.78 is 22.4. The van der Waals surface area contributed by atoms with Crippen molar-refractivity contribution in [2.45, 2.75) is 52.4 Å². The molecule has 0 unspecified atom stereocenters. The summed E-state index contributed by atoms with van der Waals surface area (Å²) in [5.41, 5.74) is 0.954. The number of ether oxygens (including phenoxy) is 3. The minimum absolute atomic E-state index is 0.192. The van der Waals surface area contributed by atoms with E-state index in [2.05, 4.69) is 30.1 Å². The van der Waals surface area contributed by atoms with Crippen molar-refractivity contribution in [1.29, 1.82) is 0 Å². The zero-order valence-corrected chi connectivity index (χ0v) is 14.0. The molecule has 0 radical (unpaired) electrons. The second kappa shape index (κ2) is 6.20. The van der Waals surface area contributed by atoms with E-state index >= 15 is 0 Å². The Balaban J connectivity index is 1.67. The van der Waals surface area contributed by atoms with Gasteiger partial charge < -0.3 is 18.7 Å². The molecule has 2 aromatic rings. The number of aromatic nitrogens is 2. The summed E-state index contributed by atoms with van der Waals surface area (Å²) in [7, 11) is 0. The van der Waals surface area contributed by atoms with Gasteiger partial charge in [0, 0.05) is 18.6 Å². The third kappa shape index (κ3) is 3.47. The molecule has 1 aliphatic rings. The summed E-state index contributed by atoms with van der Waals surface area (Å²) in [5, 5.41) is 3.92. The van der Waals surface area contributed by atoms with Gasteiger partial charge in [0.1, 0.15) is 11.7 Å². The van der Waals surface area contributed by atoms with E-state index in [-0.39, 0.29) is 18.3 Å². The van der Waals surface area contributed by atoms with E-state index in [1.807, 2.05) is 26.0 Å². The van der Waals surface area contributed by atoms with Crippen LogP contribution in [-0.2, 0) is 17.8 Å². The van der Waals surface area contributed by atoms with Gasteiger partial charge in [-0.15, -0.1) is 0 Å². The molecule has 1 aromatic heterocycles. The minimum atomic E-state index is -0.202. The normalized spacial score (nSPS) is 16.7. The molecule has 0 saturated heterocycles. The molecule has 1 aliphatic heterocycles. The zero-order valence-electron chi connectivity index (χ0n) is 14.0. The Morgan fingerprint density at radius 2 is 2.17 bits per heavy atom. The average Bonchev–Trinajstić information content (AvgIpc) is 3.08. The first-order valence-corrected chi connectivity index (χ1v) is 7.86. The van der Waals surface area contributed by atoms with Gasteiger partial charge in [-0.3, -0.25) is 0 Å². The lowest BCUT2D eigenvalue weighted by atomic mass is 10.0. The van der Waals surface area contributed by atoms with Crippen molar-refractivity contribution in [2.75, 3.05) is 6.61 Å². The predicted molar refractivity (Wildman–Crippen MR) is 83.5 cm³/mol. The smallest absolute Gasteiger partial charge is 0.264 e. The highest BCUT2D eigenvalue weighted by atomic mass is 16.5. The molecule has 0 spiro atoms. The van der Waals surface area contributed by atoms with Crippen LogP contribution in [0.15, 0.2) is 22.7 Å². The molecule has 1 atom stereocenters. The lowest BCUT2D eigenvalue weighted by Gasteiger charge is -2.18. The molecule has 124 valence electrons. The minimum Gasteiger partial charge on any atom is -0.483 e. The number of hydrogen-bond donors (Lipinski definition) is 0. The molecule has 0 N–H and O–H groups in total. The fourth-order valence-electron chi connectivity index (χ4n) is 2.66. The summed E-state index contributed by atoms with van der Waals surface area (Å²) in [6.45, 7) is 8.75. The topological polar surface area (TPSA) is 66.6 Å². The van der Waals surface area contributed by atoms with Crippen LogP contribution in [0.25, 0.3) is 0 Å². The second-order valence-electron chi connectivity index (χ2n) is 6.22. The van der Waals surface area contributed by atoms with Gasteiger partial charge in [-0.1, -0.05) is 17.3 Å². The zero-order chi connectivity index (χ0) is 16.4. The predicted octanol–water partition coefficient (Wildman–Crippen LogP) is 3.46. The van der Waals surface area contributed by atoms with Crippen LogP contribution in [0.1, 0.15) is 51.1 Å². The maximum absolute atomic E-state index is 5.98. The Morgan fingerprint density at radius 3 is 2.96 bits per heavy atom.